The largest absolute Gasteiger partial charge is 0.491 e. The summed E-state index contributed by atoms with van der Waals surface area (Å²) in [6.07, 6.45) is 3.39. The maximum absolute atomic E-state index is 13.9. The molecule has 1 aliphatic rings. The van der Waals surface area contributed by atoms with Gasteiger partial charge in [-0.2, -0.15) is 0 Å². The molecule has 2 heterocycles. The Balaban J connectivity index is 1.64. The van der Waals surface area contributed by atoms with E-state index in [2.05, 4.69) is 9.97 Å². The molecule has 0 unspecified atom stereocenters. The number of carbonyl (C=O) groups excluding carboxylic acids is 1. The Morgan fingerprint density at radius 2 is 1.92 bits per heavy atom. The predicted octanol–water partition coefficient (Wildman–Crippen LogP) is 1.98. The molecule has 1 aliphatic heterocycles. The average molecular weight is 330 g/mol. The lowest BCUT2D eigenvalue weighted by molar-refractivity contribution is 0.0745. The van der Waals surface area contributed by atoms with Gasteiger partial charge in [0.25, 0.3) is 5.91 Å². The van der Waals surface area contributed by atoms with Gasteiger partial charge in [0.2, 0.25) is 5.95 Å². The molecule has 24 heavy (non-hydrogen) atoms. The molecule has 1 saturated heterocycles. The Bertz CT molecular complexity index is 703. The summed E-state index contributed by atoms with van der Waals surface area (Å²) in [7, 11) is 0. The van der Waals surface area contributed by atoms with E-state index < -0.39 is 5.82 Å². The van der Waals surface area contributed by atoms with Gasteiger partial charge in [-0.05, 0) is 31.2 Å². The standard InChI is InChI=1S/C17H19FN4O2/c1-2-24-15-5-4-13(12-14(15)18)16(23)21-8-10-22(11-9-21)17-19-6-3-7-20-17/h3-7,12H,2,8-11H2,1H3. The van der Waals surface area contributed by atoms with Gasteiger partial charge in [-0.15, -0.1) is 0 Å². The third kappa shape index (κ3) is 3.45. The van der Waals surface area contributed by atoms with E-state index in [-0.39, 0.29) is 11.7 Å². The van der Waals surface area contributed by atoms with Crippen molar-refractivity contribution >= 4 is 11.9 Å². The first-order valence-corrected chi connectivity index (χ1v) is 7.92. The highest BCUT2D eigenvalue weighted by molar-refractivity contribution is 5.94. The SMILES string of the molecule is CCOc1ccc(C(=O)N2CCN(c3ncccn3)CC2)cc1F. The molecular weight excluding hydrogens is 311 g/mol. The summed E-state index contributed by atoms with van der Waals surface area (Å²) in [6, 6.07) is 6.10. The Morgan fingerprint density at radius 3 is 2.54 bits per heavy atom. The quantitative estimate of drug-likeness (QED) is 0.858. The number of aromatic nitrogens is 2. The molecule has 1 aromatic heterocycles. The molecule has 0 radical (unpaired) electrons. The molecular formula is C17H19FN4O2. The number of anilines is 1. The lowest BCUT2D eigenvalue weighted by Gasteiger charge is -2.34. The van der Waals surface area contributed by atoms with Crippen LogP contribution in [-0.4, -0.2) is 53.6 Å². The second kappa shape index (κ2) is 7.25. The number of nitrogens with zero attached hydrogens (tertiary/aromatic N) is 4. The number of piperazine rings is 1. The van der Waals surface area contributed by atoms with Gasteiger partial charge in [-0.1, -0.05) is 0 Å². The number of benzene rings is 1. The highest BCUT2D eigenvalue weighted by atomic mass is 19.1. The van der Waals surface area contributed by atoms with Crippen LogP contribution in [0.4, 0.5) is 10.3 Å². The third-order valence-corrected chi connectivity index (χ3v) is 3.88. The van der Waals surface area contributed by atoms with E-state index in [1.165, 1.54) is 12.1 Å². The molecule has 0 saturated carbocycles. The number of hydrogen-bond donors (Lipinski definition) is 0. The topological polar surface area (TPSA) is 58.6 Å². The second-order valence-electron chi connectivity index (χ2n) is 5.41. The van der Waals surface area contributed by atoms with Crippen molar-refractivity contribution in [2.75, 3.05) is 37.7 Å². The summed E-state index contributed by atoms with van der Waals surface area (Å²) in [5, 5.41) is 0. The zero-order valence-corrected chi connectivity index (χ0v) is 13.5. The molecule has 0 aliphatic carbocycles. The molecule has 3 rings (SSSR count). The Morgan fingerprint density at radius 1 is 1.21 bits per heavy atom. The van der Waals surface area contributed by atoms with Gasteiger partial charge in [0.15, 0.2) is 11.6 Å². The maximum Gasteiger partial charge on any atom is 0.254 e. The lowest BCUT2D eigenvalue weighted by Crippen LogP contribution is -2.49. The Labute approximate surface area is 139 Å². The van der Waals surface area contributed by atoms with E-state index in [0.29, 0.717) is 44.3 Å². The molecule has 6 nitrogen and oxygen atoms in total. The van der Waals surface area contributed by atoms with E-state index in [4.69, 9.17) is 4.74 Å². The van der Waals surface area contributed by atoms with Gasteiger partial charge in [0.1, 0.15) is 0 Å². The van der Waals surface area contributed by atoms with Gasteiger partial charge in [-0.25, -0.2) is 14.4 Å². The summed E-state index contributed by atoms with van der Waals surface area (Å²) in [5.74, 6) is 0.140. The minimum absolute atomic E-state index is 0.167. The van der Waals surface area contributed by atoms with Crippen molar-refractivity contribution in [3.63, 3.8) is 0 Å². The first-order chi connectivity index (χ1) is 11.7. The molecule has 7 heteroatoms. The summed E-state index contributed by atoms with van der Waals surface area (Å²) in [5.41, 5.74) is 0.334. The molecule has 1 aromatic carbocycles. The minimum atomic E-state index is -0.515. The summed E-state index contributed by atoms with van der Waals surface area (Å²) in [6.45, 7) is 4.56. The van der Waals surface area contributed by atoms with Gasteiger partial charge >= 0.3 is 0 Å². The van der Waals surface area contributed by atoms with Crippen LogP contribution in [0, 0.1) is 5.82 Å². The van der Waals surface area contributed by atoms with Crippen LogP contribution in [0.15, 0.2) is 36.7 Å². The van der Waals surface area contributed by atoms with Crippen LogP contribution in [0.3, 0.4) is 0 Å². The predicted molar refractivity (Wildman–Crippen MR) is 87.7 cm³/mol. The summed E-state index contributed by atoms with van der Waals surface area (Å²) >= 11 is 0. The van der Waals surface area contributed by atoms with Gasteiger partial charge < -0.3 is 14.5 Å². The minimum Gasteiger partial charge on any atom is -0.491 e. The highest BCUT2D eigenvalue weighted by Crippen LogP contribution is 2.20. The van der Waals surface area contributed by atoms with Crippen molar-refractivity contribution in [1.82, 2.24) is 14.9 Å². The Hall–Kier alpha value is -2.70. The van der Waals surface area contributed by atoms with Crippen molar-refractivity contribution in [3.8, 4) is 5.75 Å². The maximum atomic E-state index is 13.9. The first-order valence-electron chi connectivity index (χ1n) is 7.92. The van der Waals surface area contributed by atoms with Gasteiger partial charge in [0.05, 0.1) is 6.61 Å². The van der Waals surface area contributed by atoms with E-state index in [9.17, 15) is 9.18 Å². The van der Waals surface area contributed by atoms with Crippen molar-refractivity contribution in [2.24, 2.45) is 0 Å². The zero-order valence-electron chi connectivity index (χ0n) is 13.5. The number of amides is 1. The molecule has 126 valence electrons. The van der Waals surface area contributed by atoms with Gasteiger partial charge in [0, 0.05) is 44.1 Å². The van der Waals surface area contributed by atoms with Crippen LogP contribution < -0.4 is 9.64 Å². The van der Waals surface area contributed by atoms with Crippen molar-refractivity contribution < 1.29 is 13.9 Å². The van der Waals surface area contributed by atoms with E-state index in [0.717, 1.165) is 0 Å². The van der Waals surface area contributed by atoms with Crippen LogP contribution in [0.5, 0.6) is 5.75 Å². The lowest BCUT2D eigenvalue weighted by atomic mass is 10.1. The van der Waals surface area contributed by atoms with Crippen molar-refractivity contribution in [1.29, 1.82) is 0 Å². The molecule has 1 amide bonds. The number of halogens is 1. The van der Waals surface area contributed by atoms with Crippen LogP contribution in [0.2, 0.25) is 0 Å². The monoisotopic (exact) mass is 330 g/mol. The highest BCUT2D eigenvalue weighted by Gasteiger charge is 2.24. The smallest absolute Gasteiger partial charge is 0.254 e. The average Bonchev–Trinajstić information content (AvgIpc) is 2.64. The third-order valence-electron chi connectivity index (χ3n) is 3.88. The van der Waals surface area contributed by atoms with Crippen molar-refractivity contribution in [3.05, 3.63) is 48.0 Å². The molecule has 2 aromatic rings. The normalized spacial score (nSPS) is 14.6. The Kier molecular flexibility index (Phi) is 4.88. The van der Waals surface area contributed by atoms with E-state index >= 15 is 0 Å². The fourth-order valence-corrected chi connectivity index (χ4v) is 2.65. The summed E-state index contributed by atoms with van der Waals surface area (Å²) < 4.78 is 19.1. The van der Waals surface area contributed by atoms with Gasteiger partial charge in [-0.3, -0.25) is 4.79 Å². The van der Waals surface area contributed by atoms with Crippen LogP contribution in [-0.2, 0) is 0 Å². The molecule has 0 spiro atoms. The second-order valence-corrected chi connectivity index (χ2v) is 5.41. The molecule has 1 fully saturated rings. The van der Waals surface area contributed by atoms with Crippen LogP contribution in [0.1, 0.15) is 17.3 Å². The van der Waals surface area contributed by atoms with Crippen molar-refractivity contribution in [2.45, 2.75) is 6.92 Å². The molecule has 0 bridgehead atoms. The fourth-order valence-electron chi connectivity index (χ4n) is 2.65. The number of carbonyl (C=O) groups is 1. The number of hydrogen-bond acceptors (Lipinski definition) is 5. The number of rotatable bonds is 4. The molecule has 0 atom stereocenters. The first kappa shape index (κ1) is 16.2. The number of ether oxygens (including phenoxy) is 1. The summed E-state index contributed by atoms with van der Waals surface area (Å²) in [4.78, 5) is 24.7. The van der Waals surface area contributed by atoms with E-state index in [1.807, 2.05) is 4.90 Å². The van der Waals surface area contributed by atoms with E-state index in [1.54, 1.807) is 36.4 Å². The zero-order chi connectivity index (χ0) is 16.9. The molecule has 0 N–H and O–H groups in total. The van der Waals surface area contributed by atoms with Crippen LogP contribution >= 0.6 is 0 Å². The van der Waals surface area contributed by atoms with Crippen LogP contribution in [0.25, 0.3) is 0 Å². The fraction of sp³-hybridized carbons (Fsp3) is 0.353.